The maximum atomic E-state index is 13.4. The van der Waals surface area contributed by atoms with E-state index in [-0.39, 0.29) is 23.8 Å². The maximum Gasteiger partial charge on any atom is 0.228 e. The lowest BCUT2D eigenvalue weighted by molar-refractivity contribution is -0.147. The Kier molecular flexibility index (Phi) is 6.37. The summed E-state index contributed by atoms with van der Waals surface area (Å²) in [6.07, 6.45) is 2.07. The van der Waals surface area contributed by atoms with E-state index in [2.05, 4.69) is 11.9 Å². The van der Waals surface area contributed by atoms with Gasteiger partial charge in [-0.3, -0.25) is 9.59 Å². The molecule has 0 radical (unpaired) electrons. The zero-order valence-electron chi connectivity index (χ0n) is 16.7. The molecule has 0 spiro atoms. The summed E-state index contributed by atoms with van der Waals surface area (Å²) in [7, 11) is 3.74. The molecule has 2 saturated heterocycles. The Hall–Kier alpha value is -2.08. The highest BCUT2D eigenvalue weighted by Crippen LogP contribution is 2.38. The monoisotopic (exact) mass is 373 g/mol. The number of methoxy groups -OCH3 is 1. The minimum atomic E-state index is -0.198. The van der Waals surface area contributed by atoms with Gasteiger partial charge in [-0.15, -0.1) is 0 Å². The molecule has 0 bridgehead atoms. The van der Waals surface area contributed by atoms with Gasteiger partial charge in [0.05, 0.1) is 19.1 Å². The number of likely N-dealkylation sites (tertiary alicyclic amines) is 1. The molecule has 1 aromatic rings. The first-order valence-electron chi connectivity index (χ1n) is 9.96. The van der Waals surface area contributed by atoms with E-state index in [1.54, 1.807) is 7.11 Å². The van der Waals surface area contributed by atoms with E-state index >= 15 is 0 Å². The molecule has 1 aromatic carbocycles. The Labute approximate surface area is 162 Å². The largest absolute Gasteiger partial charge is 0.497 e. The van der Waals surface area contributed by atoms with Gasteiger partial charge in [-0.25, -0.2) is 0 Å². The molecular formula is C21H31N3O3. The first-order chi connectivity index (χ1) is 13.0. The standard InChI is InChI=1S/C21H31N3O3/c1-4-24-19(25)11-10-18(20(24)16-6-8-17(27-3)9-7-16)21(26)23-13-5-12-22(2)14-15-23/h6-9,18,20H,4-5,10-15H2,1-3H3/t18-,20+/m1/s1. The second-order valence-corrected chi connectivity index (χ2v) is 7.53. The van der Waals surface area contributed by atoms with Gasteiger partial charge in [0.25, 0.3) is 0 Å². The number of hydrogen-bond acceptors (Lipinski definition) is 4. The van der Waals surface area contributed by atoms with E-state index in [4.69, 9.17) is 4.74 Å². The summed E-state index contributed by atoms with van der Waals surface area (Å²) in [6.45, 7) is 6.10. The number of nitrogens with zero attached hydrogens (tertiary/aromatic N) is 3. The van der Waals surface area contributed by atoms with Crippen LogP contribution in [0.15, 0.2) is 24.3 Å². The minimum absolute atomic E-state index is 0.137. The van der Waals surface area contributed by atoms with Crippen molar-refractivity contribution in [3.63, 3.8) is 0 Å². The smallest absolute Gasteiger partial charge is 0.228 e. The lowest BCUT2D eigenvalue weighted by atomic mass is 9.83. The van der Waals surface area contributed by atoms with Gasteiger partial charge < -0.3 is 19.4 Å². The van der Waals surface area contributed by atoms with Gasteiger partial charge in [-0.1, -0.05) is 12.1 Å². The molecule has 6 heteroatoms. The summed E-state index contributed by atoms with van der Waals surface area (Å²) in [6, 6.07) is 7.59. The van der Waals surface area contributed by atoms with Crippen molar-refractivity contribution >= 4 is 11.8 Å². The molecule has 27 heavy (non-hydrogen) atoms. The number of rotatable bonds is 4. The number of amides is 2. The highest BCUT2D eigenvalue weighted by Gasteiger charge is 2.41. The number of likely N-dealkylation sites (N-methyl/N-ethyl adjacent to an activating group) is 1. The molecule has 0 saturated carbocycles. The zero-order chi connectivity index (χ0) is 19.4. The van der Waals surface area contributed by atoms with Gasteiger partial charge in [-0.2, -0.15) is 0 Å². The van der Waals surface area contributed by atoms with Crippen LogP contribution in [0.25, 0.3) is 0 Å². The van der Waals surface area contributed by atoms with E-state index in [9.17, 15) is 9.59 Å². The van der Waals surface area contributed by atoms with E-state index < -0.39 is 0 Å². The van der Waals surface area contributed by atoms with Crippen LogP contribution in [0.3, 0.4) is 0 Å². The molecule has 148 valence electrons. The summed E-state index contributed by atoms with van der Waals surface area (Å²) in [5.41, 5.74) is 1.01. The highest BCUT2D eigenvalue weighted by molar-refractivity contribution is 5.85. The fourth-order valence-electron chi connectivity index (χ4n) is 4.30. The topological polar surface area (TPSA) is 53.1 Å². The lowest BCUT2D eigenvalue weighted by Crippen LogP contribution is -2.49. The second-order valence-electron chi connectivity index (χ2n) is 7.53. The van der Waals surface area contributed by atoms with E-state index in [0.717, 1.165) is 43.9 Å². The van der Waals surface area contributed by atoms with Crippen molar-refractivity contribution in [2.24, 2.45) is 5.92 Å². The van der Waals surface area contributed by atoms with Crippen molar-refractivity contribution in [3.8, 4) is 5.75 Å². The first kappa shape index (κ1) is 19.7. The molecule has 2 fully saturated rings. The molecule has 0 N–H and O–H groups in total. The quantitative estimate of drug-likeness (QED) is 0.812. The van der Waals surface area contributed by atoms with Gasteiger partial charge in [-0.05, 0) is 51.1 Å². The molecule has 0 aliphatic carbocycles. The predicted octanol–water partition coefficient (Wildman–Crippen LogP) is 2.16. The number of hydrogen-bond donors (Lipinski definition) is 0. The highest BCUT2D eigenvalue weighted by atomic mass is 16.5. The van der Waals surface area contributed by atoms with Crippen LogP contribution >= 0.6 is 0 Å². The normalized spacial score (nSPS) is 24.6. The van der Waals surface area contributed by atoms with Crippen LogP contribution in [-0.2, 0) is 9.59 Å². The van der Waals surface area contributed by atoms with E-state index in [1.165, 1.54) is 0 Å². The number of benzene rings is 1. The van der Waals surface area contributed by atoms with Crippen LogP contribution in [0.4, 0.5) is 0 Å². The lowest BCUT2D eigenvalue weighted by Gasteiger charge is -2.42. The summed E-state index contributed by atoms with van der Waals surface area (Å²) in [4.78, 5) is 32.1. The molecule has 6 nitrogen and oxygen atoms in total. The van der Waals surface area contributed by atoms with Gasteiger partial charge in [0.2, 0.25) is 11.8 Å². The Bertz CT molecular complexity index is 661. The van der Waals surface area contributed by atoms with Gasteiger partial charge >= 0.3 is 0 Å². The van der Waals surface area contributed by atoms with Crippen LogP contribution in [0, 0.1) is 5.92 Å². The van der Waals surface area contributed by atoms with Gasteiger partial charge in [0.15, 0.2) is 0 Å². The third-order valence-corrected chi connectivity index (χ3v) is 5.85. The van der Waals surface area contributed by atoms with Crippen LogP contribution < -0.4 is 4.74 Å². The predicted molar refractivity (Wildman–Crippen MR) is 105 cm³/mol. The van der Waals surface area contributed by atoms with Crippen molar-refractivity contribution in [2.75, 3.05) is 46.9 Å². The van der Waals surface area contributed by atoms with E-state index in [1.807, 2.05) is 41.0 Å². The second kappa shape index (κ2) is 8.74. The molecular weight excluding hydrogens is 342 g/mol. The Morgan fingerprint density at radius 1 is 1.15 bits per heavy atom. The average molecular weight is 373 g/mol. The van der Waals surface area contributed by atoms with Crippen molar-refractivity contribution in [1.82, 2.24) is 14.7 Å². The third kappa shape index (κ3) is 4.26. The molecule has 2 aliphatic rings. The first-order valence-corrected chi connectivity index (χ1v) is 9.96. The number of ether oxygens (including phenoxy) is 1. The maximum absolute atomic E-state index is 13.4. The van der Waals surface area contributed by atoms with Crippen molar-refractivity contribution in [2.45, 2.75) is 32.2 Å². The van der Waals surface area contributed by atoms with E-state index in [0.29, 0.717) is 19.4 Å². The van der Waals surface area contributed by atoms with Crippen LogP contribution in [0.5, 0.6) is 5.75 Å². The molecule has 2 heterocycles. The number of piperidine rings is 1. The average Bonchev–Trinajstić information content (AvgIpc) is 2.91. The Morgan fingerprint density at radius 2 is 1.89 bits per heavy atom. The number of carbonyl (C=O) groups is 2. The summed E-state index contributed by atoms with van der Waals surface area (Å²) < 4.78 is 5.26. The molecule has 2 atom stereocenters. The fraction of sp³-hybridized carbons (Fsp3) is 0.619. The molecule has 0 aromatic heterocycles. The zero-order valence-corrected chi connectivity index (χ0v) is 16.7. The van der Waals surface area contributed by atoms with Crippen LogP contribution in [-0.4, -0.2) is 73.4 Å². The third-order valence-electron chi connectivity index (χ3n) is 5.85. The summed E-state index contributed by atoms with van der Waals surface area (Å²) in [5, 5.41) is 0. The minimum Gasteiger partial charge on any atom is -0.497 e. The van der Waals surface area contributed by atoms with Crippen LogP contribution in [0.2, 0.25) is 0 Å². The Balaban J connectivity index is 1.88. The van der Waals surface area contributed by atoms with Crippen molar-refractivity contribution in [1.29, 1.82) is 0 Å². The summed E-state index contributed by atoms with van der Waals surface area (Å²) >= 11 is 0. The van der Waals surface area contributed by atoms with Crippen LogP contribution in [0.1, 0.15) is 37.8 Å². The van der Waals surface area contributed by atoms with Crippen molar-refractivity contribution < 1.29 is 14.3 Å². The molecule has 2 aliphatic heterocycles. The molecule has 3 rings (SSSR count). The summed E-state index contributed by atoms with van der Waals surface area (Å²) in [5.74, 6) is 0.928. The SMILES string of the molecule is CCN1C(=O)CC[C@@H](C(=O)N2CCCN(C)CC2)[C@@H]1c1ccc(OC)cc1. The van der Waals surface area contributed by atoms with Crippen molar-refractivity contribution in [3.05, 3.63) is 29.8 Å². The molecule has 2 amide bonds. The van der Waals surface area contributed by atoms with Gasteiger partial charge in [0, 0.05) is 32.6 Å². The molecule has 0 unspecified atom stereocenters. The number of carbonyl (C=O) groups excluding carboxylic acids is 2. The Morgan fingerprint density at radius 3 is 2.56 bits per heavy atom. The fourth-order valence-corrected chi connectivity index (χ4v) is 4.30. The van der Waals surface area contributed by atoms with Gasteiger partial charge in [0.1, 0.15) is 5.75 Å².